The first kappa shape index (κ1) is 11.6. The Kier molecular flexibility index (Phi) is 3.96. The summed E-state index contributed by atoms with van der Waals surface area (Å²) in [4.78, 5) is 14.2. The molecule has 2 aliphatic rings. The first-order chi connectivity index (χ1) is 7.79. The molecule has 0 saturated carbocycles. The lowest BCUT2D eigenvalue weighted by molar-refractivity contribution is -0.140. The summed E-state index contributed by atoms with van der Waals surface area (Å²) in [5.74, 6) is 0.353. The number of nitrogens with zero attached hydrogens (tertiary/aromatic N) is 1. The molecule has 2 aliphatic heterocycles. The van der Waals surface area contributed by atoms with E-state index in [1.54, 1.807) is 0 Å². The molecule has 0 aromatic heterocycles. The second-order valence-corrected chi connectivity index (χ2v) is 4.45. The van der Waals surface area contributed by atoms with E-state index in [-0.39, 0.29) is 17.9 Å². The Morgan fingerprint density at radius 3 is 2.88 bits per heavy atom. The highest BCUT2D eigenvalue weighted by atomic mass is 16.5. The number of hydrogen-bond acceptors (Lipinski definition) is 3. The Morgan fingerprint density at radius 1 is 1.38 bits per heavy atom. The van der Waals surface area contributed by atoms with Crippen molar-refractivity contribution >= 4 is 5.91 Å². The minimum Gasteiger partial charge on any atom is -0.378 e. The van der Waals surface area contributed by atoms with E-state index in [9.17, 15) is 4.79 Å². The second-order valence-electron chi connectivity index (χ2n) is 4.45. The van der Waals surface area contributed by atoms with Crippen LogP contribution in [0.3, 0.4) is 0 Å². The molecule has 2 rings (SSSR count). The van der Waals surface area contributed by atoms with E-state index in [0.717, 1.165) is 26.1 Å². The van der Waals surface area contributed by atoms with Gasteiger partial charge in [0.25, 0.3) is 0 Å². The first-order valence-corrected chi connectivity index (χ1v) is 6.04. The number of carbonyl (C=O) groups excluding carboxylic acids is 1. The van der Waals surface area contributed by atoms with Crippen LogP contribution in [0, 0.1) is 5.92 Å². The van der Waals surface area contributed by atoms with Gasteiger partial charge in [-0.3, -0.25) is 4.79 Å². The molecule has 4 heteroatoms. The van der Waals surface area contributed by atoms with Crippen molar-refractivity contribution in [2.75, 3.05) is 32.8 Å². The normalized spacial score (nSPS) is 31.2. The summed E-state index contributed by atoms with van der Waals surface area (Å²) >= 11 is 0. The molecule has 4 nitrogen and oxygen atoms in total. The Bertz CT molecular complexity index is 272. The molecule has 1 N–H and O–H groups in total. The maximum atomic E-state index is 12.3. The van der Waals surface area contributed by atoms with Gasteiger partial charge in [-0.1, -0.05) is 12.2 Å². The lowest BCUT2D eigenvalue weighted by Crippen LogP contribution is -2.48. The first-order valence-electron chi connectivity index (χ1n) is 6.04. The molecule has 90 valence electrons. The third-order valence-electron chi connectivity index (χ3n) is 3.36. The average Bonchev–Trinajstić information content (AvgIpc) is 2.54. The van der Waals surface area contributed by atoms with Crippen LogP contribution in [0.5, 0.6) is 0 Å². The van der Waals surface area contributed by atoms with E-state index in [0.29, 0.717) is 13.2 Å². The molecule has 0 spiro atoms. The standard InChI is InChI=1S/C12H20N2O2/c1-10-11(4-2-3-5-13-10)12(15)14-6-8-16-9-7-14/h2-3,10-11,13H,4-9H2,1H3/t10-,11+/m1/s1. The fourth-order valence-corrected chi connectivity index (χ4v) is 2.26. The van der Waals surface area contributed by atoms with E-state index in [2.05, 4.69) is 24.4 Å². The van der Waals surface area contributed by atoms with Gasteiger partial charge in [-0.05, 0) is 13.3 Å². The fourth-order valence-electron chi connectivity index (χ4n) is 2.26. The quantitative estimate of drug-likeness (QED) is 0.656. The molecule has 0 aliphatic carbocycles. The van der Waals surface area contributed by atoms with E-state index in [4.69, 9.17) is 4.74 Å². The summed E-state index contributed by atoms with van der Waals surface area (Å²) in [5.41, 5.74) is 0. The smallest absolute Gasteiger partial charge is 0.227 e. The van der Waals surface area contributed by atoms with Crippen LogP contribution in [0.1, 0.15) is 13.3 Å². The monoisotopic (exact) mass is 224 g/mol. The van der Waals surface area contributed by atoms with Crippen molar-refractivity contribution < 1.29 is 9.53 Å². The van der Waals surface area contributed by atoms with E-state index >= 15 is 0 Å². The molecule has 0 aromatic rings. The van der Waals surface area contributed by atoms with Crippen molar-refractivity contribution in [2.45, 2.75) is 19.4 Å². The van der Waals surface area contributed by atoms with Crippen LogP contribution >= 0.6 is 0 Å². The summed E-state index contributed by atoms with van der Waals surface area (Å²) in [7, 11) is 0. The molecular weight excluding hydrogens is 204 g/mol. The van der Waals surface area contributed by atoms with Gasteiger partial charge < -0.3 is 15.0 Å². The molecule has 2 atom stereocenters. The van der Waals surface area contributed by atoms with Crippen LogP contribution in [0.25, 0.3) is 0 Å². The highest BCUT2D eigenvalue weighted by Crippen LogP contribution is 2.16. The molecule has 1 saturated heterocycles. The largest absolute Gasteiger partial charge is 0.378 e. The third kappa shape index (κ3) is 2.62. The maximum absolute atomic E-state index is 12.3. The van der Waals surface area contributed by atoms with Crippen LogP contribution in [-0.4, -0.2) is 49.7 Å². The van der Waals surface area contributed by atoms with Crippen LogP contribution in [0.4, 0.5) is 0 Å². The number of allylic oxidation sites excluding steroid dienone is 1. The molecule has 0 aromatic carbocycles. The minimum atomic E-state index is 0.0804. The van der Waals surface area contributed by atoms with Crippen LogP contribution in [0.2, 0.25) is 0 Å². The van der Waals surface area contributed by atoms with Crippen molar-refractivity contribution in [3.05, 3.63) is 12.2 Å². The summed E-state index contributed by atoms with van der Waals surface area (Å²) < 4.78 is 5.27. The lowest BCUT2D eigenvalue weighted by Gasteiger charge is -2.32. The van der Waals surface area contributed by atoms with E-state index in [1.165, 1.54) is 0 Å². The molecule has 1 fully saturated rings. The van der Waals surface area contributed by atoms with Gasteiger partial charge in [0.15, 0.2) is 0 Å². The van der Waals surface area contributed by atoms with E-state index in [1.807, 2.05) is 4.90 Å². The van der Waals surface area contributed by atoms with Crippen LogP contribution in [0.15, 0.2) is 12.2 Å². The number of morpholine rings is 1. The Labute approximate surface area is 96.6 Å². The average molecular weight is 224 g/mol. The van der Waals surface area contributed by atoms with Gasteiger partial charge in [-0.15, -0.1) is 0 Å². The van der Waals surface area contributed by atoms with Gasteiger partial charge in [0, 0.05) is 25.7 Å². The van der Waals surface area contributed by atoms with Crippen molar-refractivity contribution in [3.63, 3.8) is 0 Å². The molecule has 2 heterocycles. The number of amides is 1. The van der Waals surface area contributed by atoms with Crippen molar-refractivity contribution in [1.29, 1.82) is 0 Å². The summed E-state index contributed by atoms with van der Waals surface area (Å²) in [5, 5.41) is 3.35. The van der Waals surface area contributed by atoms with Gasteiger partial charge in [0.2, 0.25) is 5.91 Å². The maximum Gasteiger partial charge on any atom is 0.227 e. The lowest BCUT2D eigenvalue weighted by atomic mass is 9.96. The number of ether oxygens (including phenoxy) is 1. The number of nitrogens with one attached hydrogen (secondary N) is 1. The number of hydrogen-bond donors (Lipinski definition) is 1. The highest BCUT2D eigenvalue weighted by molar-refractivity contribution is 5.80. The molecule has 1 amide bonds. The van der Waals surface area contributed by atoms with E-state index < -0.39 is 0 Å². The van der Waals surface area contributed by atoms with Gasteiger partial charge in [-0.25, -0.2) is 0 Å². The molecule has 16 heavy (non-hydrogen) atoms. The van der Waals surface area contributed by atoms with Crippen LogP contribution < -0.4 is 5.32 Å². The molecule has 0 bridgehead atoms. The van der Waals surface area contributed by atoms with Gasteiger partial charge in [0.1, 0.15) is 0 Å². The van der Waals surface area contributed by atoms with Crippen LogP contribution in [-0.2, 0) is 9.53 Å². The number of rotatable bonds is 1. The zero-order valence-electron chi connectivity index (χ0n) is 9.82. The van der Waals surface area contributed by atoms with Crippen molar-refractivity contribution in [2.24, 2.45) is 5.92 Å². The zero-order valence-corrected chi connectivity index (χ0v) is 9.82. The SMILES string of the molecule is C[C@H]1NCC=CC[C@@H]1C(=O)N1CCOCC1. The van der Waals surface area contributed by atoms with Gasteiger partial charge in [0.05, 0.1) is 19.1 Å². The Balaban J connectivity index is 1.98. The second kappa shape index (κ2) is 5.46. The third-order valence-corrected chi connectivity index (χ3v) is 3.36. The summed E-state index contributed by atoms with van der Waals surface area (Å²) in [6.45, 7) is 5.80. The Hall–Kier alpha value is -0.870. The fraction of sp³-hybridized carbons (Fsp3) is 0.750. The zero-order chi connectivity index (χ0) is 11.4. The topological polar surface area (TPSA) is 41.6 Å². The van der Waals surface area contributed by atoms with Crippen molar-refractivity contribution in [3.8, 4) is 0 Å². The Morgan fingerprint density at radius 2 is 2.12 bits per heavy atom. The molecule has 0 radical (unpaired) electrons. The van der Waals surface area contributed by atoms with Gasteiger partial charge >= 0.3 is 0 Å². The summed E-state index contributed by atoms with van der Waals surface area (Å²) in [6.07, 6.45) is 5.06. The summed E-state index contributed by atoms with van der Waals surface area (Å²) in [6, 6.07) is 0.255. The predicted octanol–water partition coefficient (Wildman–Crippen LogP) is 0.399. The number of carbonyl (C=O) groups is 1. The highest BCUT2D eigenvalue weighted by Gasteiger charge is 2.29. The molecule has 0 unspecified atom stereocenters. The predicted molar refractivity (Wildman–Crippen MR) is 62.1 cm³/mol. The van der Waals surface area contributed by atoms with Gasteiger partial charge in [-0.2, -0.15) is 0 Å². The minimum absolute atomic E-state index is 0.0804. The molecular formula is C12H20N2O2. The van der Waals surface area contributed by atoms with Crippen molar-refractivity contribution in [1.82, 2.24) is 10.2 Å².